The maximum absolute atomic E-state index is 14.3. The molecule has 1 spiro atoms. The molecular formula is C34H53FN8O3. The number of benzene rings is 1. The fourth-order valence-electron chi connectivity index (χ4n) is 7.12. The van der Waals surface area contributed by atoms with Gasteiger partial charge in [-0.05, 0) is 77.7 Å². The van der Waals surface area contributed by atoms with Crippen molar-refractivity contribution in [3.8, 4) is 11.6 Å². The van der Waals surface area contributed by atoms with Crippen molar-refractivity contribution in [2.24, 2.45) is 17.3 Å². The molecule has 11 nitrogen and oxygen atoms in total. The number of aromatic nitrogens is 3. The van der Waals surface area contributed by atoms with Crippen molar-refractivity contribution in [2.45, 2.75) is 72.9 Å². The van der Waals surface area contributed by atoms with E-state index in [-0.39, 0.29) is 46.4 Å². The molecule has 254 valence electrons. The van der Waals surface area contributed by atoms with Crippen LogP contribution in [0.25, 0.3) is 0 Å². The van der Waals surface area contributed by atoms with Crippen molar-refractivity contribution in [1.29, 1.82) is 0 Å². The number of hydrogen-bond donors (Lipinski definition) is 1. The van der Waals surface area contributed by atoms with Gasteiger partial charge in [0.25, 0.3) is 11.8 Å². The predicted octanol–water partition coefficient (Wildman–Crippen LogP) is 4.30. The first-order valence-electron chi connectivity index (χ1n) is 16.7. The third-order valence-corrected chi connectivity index (χ3v) is 9.55. The lowest BCUT2D eigenvalue weighted by Gasteiger charge is -2.53. The van der Waals surface area contributed by atoms with Crippen molar-refractivity contribution in [3.05, 3.63) is 35.9 Å². The van der Waals surface area contributed by atoms with Gasteiger partial charge in [0.05, 0.1) is 5.56 Å². The molecule has 4 rings (SSSR count). The summed E-state index contributed by atoms with van der Waals surface area (Å²) in [4.78, 5) is 38.6. The van der Waals surface area contributed by atoms with Gasteiger partial charge in [0.1, 0.15) is 17.9 Å². The second-order valence-corrected chi connectivity index (χ2v) is 13.8. The number of nitrogens with one attached hydrogen (secondary N) is 1. The maximum atomic E-state index is 14.3. The van der Waals surface area contributed by atoms with Crippen LogP contribution in [0.15, 0.2) is 24.5 Å². The van der Waals surface area contributed by atoms with Gasteiger partial charge in [0.2, 0.25) is 5.91 Å². The zero-order chi connectivity index (χ0) is 33.6. The highest BCUT2D eigenvalue weighted by Crippen LogP contribution is 2.44. The van der Waals surface area contributed by atoms with Gasteiger partial charge < -0.3 is 24.8 Å². The fourth-order valence-corrected chi connectivity index (χ4v) is 7.12. The number of carbonyl (C=O) groups is 2. The van der Waals surface area contributed by atoms with E-state index < -0.39 is 5.82 Å². The summed E-state index contributed by atoms with van der Waals surface area (Å²) in [6.07, 6.45) is 4.66. The summed E-state index contributed by atoms with van der Waals surface area (Å²) < 4.78 is 20.5. The Labute approximate surface area is 273 Å². The SMILES string of the molecule is CCN(C(=O)c1cc(F)ccc1Oc1nncnc1N1CCC2(C1)CN(C(CCCN(C)CC(C)C(=O)NC)C(C)C)C2)C(C)C. The van der Waals surface area contributed by atoms with Crippen molar-refractivity contribution in [3.63, 3.8) is 0 Å². The van der Waals surface area contributed by atoms with Crippen molar-refractivity contribution < 1.29 is 18.7 Å². The van der Waals surface area contributed by atoms with Crippen LogP contribution in [0.5, 0.6) is 11.6 Å². The van der Waals surface area contributed by atoms with E-state index in [9.17, 15) is 14.0 Å². The number of ether oxygens (including phenoxy) is 1. The molecule has 0 radical (unpaired) electrons. The average Bonchev–Trinajstić information content (AvgIpc) is 3.45. The number of amides is 2. The van der Waals surface area contributed by atoms with E-state index in [0.717, 1.165) is 58.5 Å². The summed E-state index contributed by atoms with van der Waals surface area (Å²) in [5, 5.41) is 11.0. The quantitative estimate of drug-likeness (QED) is 0.305. The molecule has 0 aliphatic carbocycles. The number of nitrogens with zero attached hydrogens (tertiary/aromatic N) is 7. The van der Waals surface area contributed by atoms with E-state index in [4.69, 9.17) is 4.74 Å². The maximum Gasteiger partial charge on any atom is 0.282 e. The molecule has 2 aliphatic rings. The topological polar surface area (TPSA) is 107 Å². The molecule has 0 bridgehead atoms. The highest BCUT2D eigenvalue weighted by molar-refractivity contribution is 5.97. The Hall–Kier alpha value is -3.38. The third kappa shape index (κ3) is 8.31. The molecule has 1 aromatic heterocycles. The van der Waals surface area contributed by atoms with Gasteiger partial charge in [-0.25, -0.2) is 9.37 Å². The fraction of sp³-hybridized carbons (Fsp3) is 0.676. The van der Waals surface area contributed by atoms with Gasteiger partial charge in [-0.2, -0.15) is 0 Å². The first-order valence-corrected chi connectivity index (χ1v) is 16.7. The molecule has 2 amide bonds. The number of likely N-dealkylation sites (tertiary alicyclic amines) is 1. The van der Waals surface area contributed by atoms with Gasteiger partial charge in [0, 0.05) is 69.7 Å². The third-order valence-electron chi connectivity index (χ3n) is 9.55. The zero-order valence-electron chi connectivity index (χ0n) is 28.9. The van der Waals surface area contributed by atoms with E-state index in [0.29, 0.717) is 24.3 Å². The van der Waals surface area contributed by atoms with Gasteiger partial charge in [-0.3, -0.25) is 14.5 Å². The Bertz CT molecular complexity index is 1340. The zero-order valence-corrected chi connectivity index (χ0v) is 28.9. The Balaban J connectivity index is 1.38. The van der Waals surface area contributed by atoms with Crippen LogP contribution >= 0.6 is 0 Å². The second-order valence-electron chi connectivity index (χ2n) is 13.8. The molecule has 2 atom stereocenters. The van der Waals surface area contributed by atoms with Crippen molar-refractivity contribution in [1.82, 2.24) is 35.2 Å². The van der Waals surface area contributed by atoms with Crippen molar-refractivity contribution >= 4 is 17.6 Å². The molecule has 2 saturated heterocycles. The number of halogens is 1. The van der Waals surface area contributed by atoms with Crippen LogP contribution in [0.2, 0.25) is 0 Å². The number of hydrogen-bond acceptors (Lipinski definition) is 9. The number of anilines is 1. The standard InChI is InChI=1S/C34H53FN8O3/c1-9-43(24(4)5)33(45)27-17-26(35)12-13-29(27)46-32-30(37-22-38-39-32)41-16-14-34(19-41)20-42(21-34)28(23(2)3)11-10-15-40(8)18-25(6)31(44)36-7/h12-13,17,22-25,28H,9-11,14-16,18-21H2,1-8H3,(H,36,44). The lowest BCUT2D eigenvalue weighted by atomic mass is 9.76. The Morgan fingerprint density at radius 2 is 1.89 bits per heavy atom. The summed E-state index contributed by atoms with van der Waals surface area (Å²) in [6, 6.07) is 4.42. The van der Waals surface area contributed by atoms with E-state index in [2.05, 4.69) is 56.1 Å². The molecular weight excluding hydrogens is 587 g/mol. The molecule has 0 saturated carbocycles. The van der Waals surface area contributed by atoms with Crippen LogP contribution < -0.4 is 15.0 Å². The molecule has 1 N–H and O–H groups in total. The minimum Gasteiger partial charge on any atom is -0.434 e. The minimum atomic E-state index is -0.508. The summed E-state index contributed by atoms with van der Waals surface area (Å²) >= 11 is 0. The van der Waals surface area contributed by atoms with Gasteiger partial charge in [-0.15, -0.1) is 10.2 Å². The van der Waals surface area contributed by atoms with Crippen LogP contribution in [0.4, 0.5) is 10.2 Å². The Kier molecular flexibility index (Phi) is 11.9. The lowest BCUT2D eigenvalue weighted by Crippen LogP contribution is -2.62. The smallest absolute Gasteiger partial charge is 0.282 e. The van der Waals surface area contributed by atoms with Gasteiger partial charge in [-0.1, -0.05) is 20.8 Å². The lowest BCUT2D eigenvalue weighted by molar-refractivity contribution is -0.124. The number of carbonyl (C=O) groups excluding carboxylic acids is 2. The Morgan fingerprint density at radius 3 is 2.54 bits per heavy atom. The van der Waals surface area contributed by atoms with E-state index in [1.165, 1.54) is 24.5 Å². The van der Waals surface area contributed by atoms with E-state index >= 15 is 0 Å². The molecule has 2 unspecified atom stereocenters. The van der Waals surface area contributed by atoms with Gasteiger partial charge in [0.15, 0.2) is 5.82 Å². The first kappa shape index (κ1) is 35.5. The van der Waals surface area contributed by atoms with Crippen LogP contribution in [0.3, 0.4) is 0 Å². The summed E-state index contributed by atoms with van der Waals surface area (Å²) in [5.74, 6) is 0.812. The van der Waals surface area contributed by atoms with Crippen LogP contribution in [-0.2, 0) is 4.79 Å². The summed E-state index contributed by atoms with van der Waals surface area (Å²) in [5.41, 5.74) is 0.317. The molecule has 2 aliphatic heterocycles. The second kappa shape index (κ2) is 15.5. The predicted molar refractivity (Wildman–Crippen MR) is 178 cm³/mol. The average molecular weight is 641 g/mol. The highest BCUT2D eigenvalue weighted by Gasteiger charge is 2.50. The monoisotopic (exact) mass is 640 g/mol. The molecule has 1 aromatic carbocycles. The largest absolute Gasteiger partial charge is 0.434 e. The van der Waals surface area contributed by atoms with Crippen LogP contribution in [-0.4, -0.2) is 114 Å². The highest BCUT2D eigenvalue weighted by atomic mass is 19.1. The summed E-state index contributed by atoms with van der Waals surface area (Å²) in [6.45, 7) is 18.3. The molecule has 46 heavy (non-hydrogen) atoms. The normalized spacial score (nSPS) is 17.4. The summed E-state index contributed by atoms with van der Waals surface area (Å²) in [7, 11) is 3.78. The van der Waals surface area contributed by atoms with E-state index in [1.807, 2.05) is 27.7 Å². The van der Waals surface area contributed by atoms with Crippen LogP contribution in [0, 0.1) is 23.1 Å². The molecule has 12 heteroatoms. The number of rotatable bonds is 15. The van der Waals surface area contributed by atoms with Crippen molar-refractivity contribution in [2.75, 3.05) is 64.8 Å². The van der Waals surface area contributed by atoms with Crippen LogP contribution in [0.1, 0.15) is 71.2 Å². The van der Waals surface area contributed by atoms with E-state index in [1.54, 1.807) is 11.9 Å². The first-order chi connectivity index (χ1) is 21.9. The minimum absolute atomic E-state index is 0.0241. The van der Waals surface area contributed by atoms with Gasteiger partial charge >= 0.3 is 0 Å². The molecule has 2 aromatic rings. The molecule has 2 fully saturated rings. The molecule has 3 heterocycles. The Morgan fingerprint density at radius 1 is 1.15 bits per heavy atom.